The number of nitrogens with one attached hydrogen (secondary N) is 1. The lowest BCUT2D eigenvalue weighted by atomic mass is 10.1. The van der Waals surface area contributed by atoms with E-state index in [4.69, 9.17) is 9.47 Å². The minimum atomic E-state index is -0.772. The van der Waals surface area contributed by atoms with E-state index >= 15 is 0 Å². The van der Waals surface area contributed by atoms with Crippen molar-refractivity contribution in [3.8, 4) is 0 Å². The van der Waals surface area contributed by atoms with Crippen molar-refractivity contribution in [1.29, 1.82) is 0 Å². The van der Waals surface area contributed by atoms with Gasteiger partial charge in [-0.3, -0.25) is 5.32 Å². The lowest BCUT2D eigenvalue weighted by Gasteiger charge is -2.29. The molecule has 1 aliphatic rings. The molecule has 154 valence electrons. The summed E-state index contributed by atoms with van der Waals surface area (Å²) in [5, 5.41) is 3.99. The van der Waals surface area contributed by atoms with Gasteiger partial charge in [0.25, 0.3) is 0 Å². The molecule has 0 saturated carbocycles. The Kier molecular flexibility index (Phi) is 5.13. The predicted molar refractivity (Wildman–Crippen MR) is 110 cm³/mol. The molecule has 3 aromatic rings. The second kappa shape index (κ2) is 7.76. The molecule has 0 bridgehead atoms. The minimum absolute atomic E-state index is 0.197. The van der Waals surface area contributed by atoms with Gasteiger partial charge in [-0.1, -0.05) is 24.3 Å². The number of esters is 3. The number of aromatic nitrogens is 1. The molecule has 1 aliphatic heterocycles. The zero-order valence-corrected chi connectivity index (χ0v) is 16.8. The number of methoxy groups -OCH3 is 1. The fourth-order valence-corrected chi connectivity index (χ4v) is 4.04. The summed E-state index contributed by atoms with van der Waals surface area (Å²) in [6.07, 6.45) is 1.72. The molecule has 0 aliphatic carbocycles. The summed E-state index contributed by atoms with van der Waals surface area (Å²) in [4.78, 5) is 37.8. The van der Waals surface area contributed by atoms with Crippen LogP contribution < -0.4 is 5.32 Å². The highest BCUT2D eigenvalue weighted by Crippen LogP contribution is 2.34. The first-order valence-corrected chi connectivity index (χ1v) is 9.74. The SMILES string of the molecule is COC(=O)c1cccc2c1cc(C(=O)OC(=O)c1ccccc1)n2C1(C)CCCN1. The van der Waals surface area contributed by atoms with Crippen LogP contribution in [0.25, 0.3) is 10.9 Å². The van der Waals surface area contributed by atoms with Gasteiger partial charge in [-0.05, 0) is 56.6 Å². The van der Waals surface area contributed by atoms with Crippen LogP contribution in [0, 0.1) is 0 Å². The van der Waals surface area contributed by atoms with E-state index in [0.717, 1.165) is 19.4 Å². The fraction of sp³-hybridized carbons (Fsp3) is 0.261. The molecule has 1 aromatic heterocycles. The molecule has 2 aromatic carbocycles. The third-order valence-electron chi connectivity index (χ3n) is 5.50. The smallest absolute Gasteiger partial charge is 0.362 e. The zero-order chi connectivity index (χ0) is 21.3. The molecule has 1 unspecified atom stereocenters. The van der Waals surface area contributed by atoms with Crippen LogP contribution in [-0.4, -0.2) is 36.1 Å². The van der Waals surface area contributed by atoms with Crippen molar-refractivity contribution in [3.63, 3.8) is 0 Å². The van der Waals surface area contributed by atoms with Crippen molar-refractivity contribution in [2.75, 3.05) is 13.7 Å². The maximum Gasteiger partial charge on any atom is 0.362 e. The Morgan fingerprint density at radius 2 is 1.77 bits per heavy atom. The highest BCUT2D eigenvalue weighted by Gasteiger charge is 2.36. The molecule has 0 spiro atoms. The monoisotopic (exact) mass is 406 g/mol. The second-order valence-corrected chi connectivity index (χ2v) is 7.44. The van der Waals surface area contributed by atoms with Crippen LogP contribution in [0.15, 0.2) is 54.6 Å². The third kappa shape index (κ3) is 3.37. The lowest BCUT2D eigenvalue weighted by Crippen LogP contribution is -2.41. The van der Waals surface area contributed by atoms with Crippen molar-refractivity contribution < 1.29 is 23.9 Å². The molecule has 1 N–H and O–H groups in total. The summed E-state index contributed by atoms with van der Waals surface area (Å²) in [5.74, 6) is -2.00. The second-order valence-electron chi connectivity index (χ2n) is 7.44. The van der Waals surface area contributed by atoms with Crippen LogP contribution in [0.5, 0.6) is 0 Å². The van der Waals surface area contributed by atoms with Gasteiger partial charge in [0.15, 0.2) is 0 Å². The Morgan fingerprint density at radius 1 is 1.00 bits per heavy atom. The van der Waals surface area contributed by atoms with Crippen LogP contribution in [0.1, 0.15) is 51.0 Å². The zero-order valence-electron chi connectivity index (χ0n) is 16.8. The van der Waals surface area contributed by atoms with E-state index in [9.17, 15) is 14.4 Å². The number of carbonyl (C=O) groups is 3. The first-order valence-electron chi connectivity index (χ1n) is 9.74. The van der Waals surface area contributed by atoms with Crippen molar-refractivity contribution in [1.82, 2.24) is 9.88 Å². The van der Waals surface area contributed by atoms with Crippen molar-refractivity contribution in [2.45, 2.75) is 25.4 Å². The van der Waals surface area contributed by atoms with Gasteiger partial charge in [0.2, 0.25) is 0 Å². The highest BCUT2D eigenvalue weighted by atomic mass is 16.6. The average Bonchev–Trinajstić information content (AvgIpc) is 3.38. The molecule has 1 atom stereocenters. The van der Waals surface area contributed by atoms with Crippen LogP contribution in [0.2, 0.25) is 0 Å². The predicted octanol–water partition coefficient (Wildman–Crippen LogP) is 3.48. The molecule has 0 radical (unpaired) electrons. The standard InChI is InChI=1S/C23H22N2O5/c1-23(12-7-13-24-23)25-18-11-6-10-16(21(27)29-2)17(18)14-19(25)22(28)30-20(26)15-8-4-3-5-9-15/h3-6,8-11,14,24H,7,12-13H2,1-2H3. The van der Waals surface area contributed by atoms with Gasteiger partial charge in [0.05, 0.1) is 29.4 Å². The Labute approximate surface area is 173 Å². The average molecular weight is 406 g/mol. The maximum atomic E-state index is 13.1. The summed E-state index contributed by atoms with van der Waals surface area (Å²) in [5.41, 5.74) is 0.963. The first kappa shape index (κ1) is 19.8. The number of hydrogen-bond acceptors (Lipinski definition) is 6. The number of ether oxygens (including phenoxy) is 2. The van der Waals surface area contributed by atoms with E-state index < -0.39 is 23.6 Å². The molecule has 7 heteroatoms. The number of fused-ring (bicyclic) bond motifs is 1. The van der Waals surface area contributed by atoms with Gasteiger partial charge >= 0.3 is 17.9 Å². The van der Waals surface area contributed by atoms with Crippen LogP contribution in [0.4, 0.5) is 0 Å². The number of carbonyl (C=O) groups excluding carboxylic acids is 3. The molecule has 7 nitrogen and oxygen atoms in total. The summed E-state index contributed by atoms with van der Waals surface area (Å²) >= 11 is 0. The highest BCUT2D eigenvalue weighted by molar-refractivity contribution is 6.09. The summed E-state index contributed by atoms with van der Waals surface area (Å²) in [6.45, 7) is 2.78. The van der Waals surface area contributed by atoms with E-state index in [1.54, 1.807) is 48.5 Å². The van der Waals surface area contributed by atoms with Gasteiger partial charge in [-0.15, -0.1) is 0 Å². The Hall–Kier alpha value is -3.45. The van der Waals surface area contributed by atoms with Crippen molar-refractivity contribution in [3.05, 3.63) is 71.4 Å². The largest absolute Gasteiger partial charge is 0.465 e. The Balaban J connectivity index is 1.82. The van der Waals surface area contributed by atoms with Crippen molar-refractivity contribution in [2.24, 2.45) is 0 Å². The minimum Gasteiger partial charge on any atom is -0.465 e. The number of nitrogens with zero attached hydrogens (tertiary/aromatic N) is 1. The molecule has 2 heterocycles. The van der Waals surface area contributed by atoms with E-state index in [1.807, 2.05) is 17.6 Å². The normalized spacial score (nSPS) is 18.3. The number of benzene rings is 2. The Morgan fingerprint density at radius 3 is 2.43 bits per heavy atom. The molecule has 30 heavy (non-hydrogen) atoms. The van der Waals surface area contributed by atoms with E-state index in [-0.39, 0.29) is 11.3 Å². The summed E-state index contributed by atoms with van der Waals surface area (Å²) in [6, 6.07) is 15.2. The topological polar surface area (TPSA) is 86.6 Å². The quantitative estimate of drug-likeness (QED) is 0.527. The molecular weight excluding hydrogens is 384 g/mol. The first-order chi connectivity index (χ1) is 14.4. The van der Waals surface area contributed by atoms with Gasteiger partial charge in [0, 0.05) is 5.39 Å². The van der Waals surface area contributed by atoms with E-state index in [0.29, 0.717) is 16.5 Å². The molecule has 1 saturated heterocycles. The number of rotatable bonds is 4. The third-order valence-corrected chi connectivity index (χ3v) is 5.50. The van der Waals surface area contributed by atoms with E-state index in [1.165, 1.54) is 7.11 Å². The summed E-state index contributed by atoms with van der Waals surface area (Å²) < 4.78 is 11.9. The van der Waals surface area contributed by atoms with E-state index in [2.05, 4.69) is 5.32 Å². The maximum absolute atomic E-state index is 13.1. The summed E-state index contributed by atoms with van der Waals surface area (Å²) in [7, 11) is 1.31. The fourth-order valence-electron chi connectivity index (χ4n) is 4.04. The van der Waals surface area contributed by atoms with Crippen LogP contribution in [-0.2, 0) is 15.1 Å². The van der Waals surface area contributed by atoms with Crippen LogP contribution in [0.3, 0.4) is 0 Å². The molecule has 1 fully saturated rings. The lowest BCUT2D eigenvalue weighted by molar-refractivity contribution is 0.0383. The Bertz CT molecular complexity index is 1130. The van der Waals surface area contributed by atoms with Gasteiger partial charge in [-0.25, -0.2) is 14.4 Å². The number of hydrogen-bond donors (Lipinski definition) is 1. The molecular formula is C23H22N2O5. The van der Waals surface area contributed by atoms with Gasteiger partial charge in [-0.2, -0.15) is 0 Å². The molecule has 4 rings (SSSR count). The van der Waals surface area contributed by atoms with Gasteiger partial charge in [0.1, 0.15) is 5.69 Å². The van der Waals surface area contributed by atoms with Crippen LogP contribution >= 0.6 is 0 Å². The van der Waals surface area contributed by atoms with Crippen molar-refractivity contribution >= 4 is 28.8 Å². The van der Waals surface area contributed by atoms with Gasteiger partial charge < -0.3 is 14.0 Å². The molecule has 0 amide bonds.